The Morgan fingerprint density at radius 1 is 0.857 bits per heavy atom. The molecule has 2 N–H and O–H groups in total. The van der Waals surface area contributed by atoms with Crippen molar-refractivity contribution in [2.75, 3.05) is 10.6 Å². The molecule has 0 bridgehead atoms. The molecule has 2 heterocycles. The van der Waals surface area contributed by atoms with E-state index in [9.17, 15) is 0 Å². The molecule has 138 valence electrons. The van der Waals surface area contributed by atoms with E-state index < -0.39 is 0 Å². The van der Waals surface area contributed by atoms with Gasteiger partial charge in [-0.25, -0.2) is 0 Å². The normalized spacial score (nSPS) is 10.3. The van der Waals surface area contributed by atoms with Crippen LogP contribution in [0.25, 0.3) is 0 Å². The first-order chi connectivity index (χ1) is 13.9. The van der Waals surface area contributed by atoms with Crippen molar-refractivity contribution in [3.63, 3.8) is 0 Å². The van der Waals surface area contributed by atoms with Gasteiger partial charge in [0.2, 0.25) is 5.95 Å². The largest absolute Gasteiger partial charge is 0.455 e. The third-order valence-electron chi connectivity index (χ3n) is 3.88. The number of pyridine rings is 1. The Morgan fingerprint density at radius 3 is 2.50 bits per heavy atom. The predicted molar refractivity (Wildman–Crippen MR) is 108 cm³/mol. The monoisotopic (exact) mass is 370 g/mol. The van der Waals surface area contributed by atoms with Gasteiger partial charge in [0.15, 0.2) is 11.6 Å². The Balaban J connectivity index is 1.47. The Kier molecular flexibility index (Phi) is 5.34. The van der Waals surface area contributed by atoms with E-state index in [1.165, 1.54) is 0 Å². The highest BCUT2D eigenvalue weighted by molar-refractivity contribution is 5.64. The van der Waals surface area contributed by atoms with Gasteiger partial charge >= 0.3 is 0 Å². The maximum absolute atomic E-state index is 5.97. The molecule has 0 atom stereocenters. The van der Waals surface area contributed by atoms with E-state index in [0.29, 0.717) is 24.1 Å². The molecule has 7 heteroatoms. The van der Waals surface area contributed by atoms with Crippen molar-refractivity contribution in [2.45, 2.75) is 6.54 Å². The highest BCUT2D eigenvalue weighted by atomic mass is 16.5. The summed E-state index contributed by atoms with van der Waals surface area (Å²) in [4.78, 5) is 8.47. The average molecular weight is 370 g/mol. The van der Waals surface area contributed by atoms with Crippen molar-refractivity contribution in [2.24, 2.45) is 0 Å². The Labute approximate surface area is 162 Å². The topological polar surface area (TPSA) is 84.9 Å². The van der Waals surface area contributed by atoms with Gasteiger partial charge in [0.25, 0.3) is 0 Å². The molecule has 0 unspecified atom stereocenters. The lowest BCUT2D eigenvalue weighted by molar-refractivity contribution is 0.485. The zero-order valence-corrected chi connectivity index (χ0v) is 15.0. The second kappa shape index (κ2) is 8.59. The fourth-order valence-electron chi connectivity index (χ4n) is 2.53. The molecule has 0 amide bonds. The maximum atomic E-state index is 5.97. The van der Waals surface area contributed by atoms with Gasteiger partial charge in [-0.3, -0.25) is 4.98 Å². The van der Waals surface area contributed by atoms with E-state index in [2.05, 4.69) is 30.8 Å². The summed E-state index contributed by atoms with van der Waals surface area (Å²) in [6.07, 6.45) is 5.06. The second-order valence-corrected chi connectivity index (χ2v) is 5.91. The molecule has 2 aromatic carbocycles. The molecule has 0 spiro atoms. The number of hydrogen-bond donors (Lipinski definition) is 2. The minimum absolute atomic E-state index is 0.434. The van der Waals surface area contributed by atoms with Crippen LogP contribution in [0.3, 0.4) is 0 Å². The van der Waals surface area contributed by atoms with Gasteiger partial charge in [-0.1, -0.05) is 30.3 Å². The first-order valence-electron chi connectivity index (χ1n) is 8.78. The van der Waals surface area contributed by atoms with E-state index in [4.69, 9.17) is 4.74 Å². The van der Waals surface area contributed by atoms with Crippen molar-refractivity contribution in [3.05, 3.63) is 90.9 Å². The number of aromatic nitrogens is 4. The van der Waals surface area contributed by atoms with Crippen LogP contribution in [0.2, 0.25) is 0 Å². The lowest BCUT2D eigenvalue weighted by Gasteiger charge is -2.12. The molecule has 0 aliphatic carbocycles. The number of anilines is 3. The summed E-state index contributed by atoms with van der Waals surface area (Å²) >= 11 is 0. The van der Waals surface area contributed by atoms with Crippen molar-refractivity contribution in [3.8, 4) is 11.5 Å². The zero-order chi connectivity index (χ0) is 19.0. The van der Waals surface area contributed by atoms with E-state index in [-0.39, 0.29) is 0 Å². The number of hydrogen-bond acceptors (Lipinski definition) is 7. The van der Waals surface area contributed by atoms with Crippen LogP contribution >= 0.6 is 0 Å². The molecule has 0 aliphatic rings. The van der Waals surface area contributed by atoms with Crippen LogP contribution in [0.5, 0.6) is 11.5 Å². The van der Waals surface area contributed by atoms with E-state index in [1.807, 2.05) is 66.7 Å². The number of rotatable bonds is 7. The minimum atomic E-state index is 0.434. The van der Waals surface area contributed by atoms with Crippen LogP contribution in [-0.2, 0) is 6.54 Å². The number of nitrogens with zero attached hydrogens (tertiary/aromatic N) is 4. The van der Waals surface area contributed by atoms with Crippen LogP contribution in [0.1, 0.15) is 5.56 Å². The summed E-state index contributed by atoms with van der Waals surface area (Å²) in [7, 11) is 0. The lowest BCUT2D eigenvalue weighted by atomic mass is 10.3. The molecule has 0 fully saturated rings. The van der Waals surface area contributed by atoms with Gasteiger partial charge in [-0.05, 0) is 42.0 Å². The number of nitrogens with one attached hydrogen (secondary N) is 2. The van der Waals surface area contributed by atoms with Gasteiger partial charge in [-0.2, -0.15) is 10.1 Å². The molecule has 4 rings (SSSR count). The maximum Gasteiger partial charge on any atom is 0.244 e. The van der Waals surface area contributed by atoms with E-state index in [1.54, 1.807) is 18.6 Å². The van der Waals surface area contributed by atoms with Crippen molar-refractivity contribution >= 4 is 17.5 Å². The highest BCUT2D eigenvalue weighted by Crippen LogP contribution is 2.30. The molecule has 0 aliphatic heterocycles. The summed E-state index contributed by atoms with van der Waals surface area (Å²) in [6.45, 7) is 0.585. The summed E-state index contributed by atoms with van der Waals surface area (Å²) in [5.74, 6) is 2.45. The molecule has 2 aromatic heterocycles. The van der Waals surface area contributed by atoms with Crippen LogP contribution in [-0.4, -0.2) is 20.2 Å². The molecular formula is C21H18N6O. The zero-order valence-electron chi connectivity index (χ0n) is 15.0. The van der Waals surface area contributed by atoms with E-state index >= 15 is 0 Å². The third kappa shape index (κ3) is 4.59. The molecule has 4 aromatic rings. The summed E-state index contributed by atoms with van der Waals surface area (Å²) in [5, 5.41) is 14.4. The number of benzene rings is 2. The summed E-state index contributed by atoms with van der Waals surface area (Å²) in [6, 6.07) is 21.1. The summed E-state index contributed by atoms with van der Waals surface area (Å²) in [5.41, 5.74) is 1.87. The number of para-hydroxylation sites is 3. The van der Waals surface area contributed by atoms with Crippen LogP contribution in [0.15, 0.2) is 85.3 Å². The van der Waals surface area contributed by atoms with Gasteiger partial charge < -0.3 is 15.4 Å². The van der Waals surface area contributed by atoms with E-state index in [0.717, 1.165) is 17.0 Å². The first kappa shape index (κ1) is 17.4. The fraction of sp³-hybridized carbons (Fsp3) is 0.0476. The van der Waals surface area contributed by atoms with Crippen LogP contribution in [0.4, 0.5) is 17.5 Å². The van der Waals surface area contributed by atoms with Crippen molar-refractivity contribution in [1.82, 2.24) is 20.2 Å². The van der Waals surface area contributed by atoms with Gasteiger partial charge in [0, 0.05) is 18.9 Å². The standard InChI is InChI=1S/C21H18N6O/c1-2-6-17(7-3-1)28-19-9-5-4-8-18(19)25-20-15-24-27-21(26-20)23-14-16-10-12-22-13-11-16/h1-13,15H,14H2,(H2,23,25,26,27). The molecular weight excluding hydrogens is 352 g/mol. The number of ether oxygens (including phenoxy) is 1. The Morgan fingerprint density at radius 2 is 1.64 bits per heavy atom. The second-order valence-electron chi connectivity index (χ2n) is 5.91. The highest BCUT2D eigenvalue weighted by Gasteiger charge is 2.07. The van der Waals surface area contributed by atoms with Gasteiger partial charge in [0.1, 0.15) is 5.75 Å². The van der Waals surface area contributed by atoms with Gasteiger partial charge in [-0.15, -0.1) is 5.10 Å². The third-order valence-corrected chi connectivity index (χ3v) is 3.88. The minimum Gasteiger partial charge on any atom is -0.455 e. The Bertz CT molecular complexity index is 1030. The average Bonchev–Trinajstić information content (AvgIpc) is 2.75. The Hall–Kier alpha value is -4.00. The van der Waals surface area contributed by atoms with Crippen molar-refractivity contribution in [1.29, 1.82) is 0 Å². The molecule has 0 saturated carbocycles. The molecule has 28 heavy (non-hydrogen) atoms. The molecule has 0 radical (unpaired) electrons. The summed E-state index contributed by atoms with van der Waals surface area (Å²) < 4.78 is 5.97. The van der Waals surface area contributed by atoms with Crippen LogP contribution in [0, 0.1) is 0 Å². The lowest BCUT2D eigenvalue weighted by Crippen LogP contribution is -2.06. The quantitative estimate of drug-likeness (QED) is 0.498. The SMILES string of the molecule is c1ccc(Oc2ccccc2Nc2cnnc(NCc3ccncc3)n2)cc1. The van der Waals surface area contributed by atoms with Crippen LogP contribution < -0.4 is 15.4 Å². The predicted octanol–water partition coefficient (Wildman–Crippen LogP) is 4.41. The van der Waals surface area contributed by atoms with Gasteiger partial charge in [0.05, 0.1) is 11.9 Å². The smallest absolute Gasteiger partial charge is 0.244 e. The van der Waals surface area contributed by atoms with Crippen molar-refractivity contribution < 1.29 is 4.74 Å². The molecule has 0 saturated heterocycles. The first-order valence-corrected chi connectivity index (χ1v) is 8.78. The fourth-order valence-corrected chi connectivity index (χ4v) is 2.53. The molecule has 7 nitrogen and oxygen atoms in total.